The van der Waals surface area contributed by atoms with E-state index >= 15 is 0 Å². The van der Waals surface area contributed by atoms with E-state index in [9.17, 15) is 9.59 Å². The van der Waals surface area contributed by atoms with Crippen LogP contribution in [0.5, 0.6) is 0 Å². The molecule has 4 heteroatoms. The molecule has 0 aromatic heterocycles. The zero-order valence-electron chi connectivity index (χ0n) is 20.8. The average molecular weight is 478 g/mol. The molecule has 0 amide bonds. The molecule has 1 aliphatic heterocycles. The number of aliphatic imine (C=N–C) groups is 1. The maximum atomic E-state index is 13.7. The number of aryl methyl sites for hydroxylation is 1. The van der Waals surface area contributed by atoms with E-state index < -0.39 is 17.8 Å². The van der Waals surface area contributed by atoms with Gasteiger partial charge in [-0.15, -0.1) is 0 Å². The summed E-state index contributed by atoms with van der Waals surface area (Å²) in [5.74, 6) is -0.992. The van der Waals surface area contributed by atoms with E-state index in [0.717, 1.165) is 28.8 Å². The van der Waals surface area contributed by atoms with Crippen LogP contribution in [0.3, 0.4) is 0 Å². The molecule has 1 unspecified atom stereocenters. The number of ketones is 1. The summed E-state index contributed by atoms with van der Waals surface area (Å²) < 4.78 is 5.76. The Morgan fingerprint density at radius 2 is 1.50 bits per heavy atom. The molecule has 2 aliphatic rings. The summed E-state index contributed by atoms with van der Waals surface area (Å²) in [7, 11) is 0. The summed E-state index contributed by atoms with van der Waals surface area (Å²) in [5, 5.41) is 0. The van der Waals surface area contributed by atoms with Crippen LogP contribution in [0.1, 0.15) is 60.8 Å². The lowest BCUT2D eigenvalue weighted by Crippen LogP contribution is -2.41. The molecule has 5 rings (SSSR count). The number of Topliss-reactive ketones (excluding diaryl/α,β-unsaturated/α-hetero) is 1. The Kier molecular flexibility index (Phi) is 6.95. The van der Waals surface area contributed by atoms with Gasteiger partial charge in [0.25, 0.3) is 0 Å². The molecule has 0 radical (unpaired) electrons. The lowest BCUT2D eigenvalue weighted by Gasteiger charge is -2.38. The Balaban J connectivity index is 1.52. The number of benzene rings is 3. The van der Waals surface area contributed by atoms with Crippen molar-refractivity contribution in [2.45, 2.75) is 51.6 Å². The van der Waals surface area contributed by atoms with Gasteiger partial charge in [-0.25, -0.2) is 4.79 Å². The van der Waals surface area contributed by atoms with Gasteiger partial charge < -0.3 is 4.74 Å². The summed E-state index contributed by atoms with van der Waals surface area (Å²) >= 11 is 0. The van der Waals surface area contributed by atoms with Crippen LogP contribution in [0.2, 0.25) is 0 Å². The predicted molar refractivity (Wildman–Crippen MR) is 142 cm³/mol. The topological polar surface area (TPSA) is 55.7 Å². The molecule has 0 N–H and O–H groups in total. The lowest BCUT2D eigenvalue weighted by atomic mass is 9.66. The molecule has 3 atom stereocenters. The first kappa shape index (κ1) is 23.9. The average Bonchev–Trinajstić information content (AvgIpc) is 2.92. The minimum Gasteiger partial charge on any atom is -0.457 e. The fraction of sp³-hybridized carbons (Fsp3) is 0.281. The van der Waals surface area contributed by atoms with Gasteiger partial charge in [0.05, 0.1) is 11.5 Å². The van der Waals surface area contributed by atoms with Crippen molar-refractivity contribution in [3.8, 4) is 0 Å². The van der Waals surface area contributed by atoms with Crippen LogP contribution in [-0.4, -0.2) is 17.5 Å². The number of esters is 1. The molecule has 0 saturated heterocycles. The SMILES string of the molecule is CCc1ccc([C@@H]2C(C(=O)OCc3ccccc3)=C(C)N=C3C[C@H](c4ccccc4)CC(=O)C32)cc1. The molecule has 3 aromatic carbocycles. The van der Waals surface area contributed by atoms with Gasteiger partial charge >= 0.3 is 5.97 Å². The van der Waals surface area contributed by atoms with Gasteiger partial charge in [-0.1, -0.05) is 91.9 Å². The van der Waals surface area contributed by atoms with Gasteiger partial charge in [0.15, 0.2) is 0 Å². The highest BCUT2D eigenvalue weighted by Crippen LogP contribution is 2.46. The van der Waals surface area contributed by atoms with Crippen molar-refractivity contribution in [2.24, 2.45) is 10.9 Å². The highest BCUT2D eigenvalue weighted by Gasteiger charge is 2.46. The minimum atomic E-state index is -0.444. The third-order valence-electron chi connectivity index (χ3n) is 7.41. The molecule has 3 aromatic rings. The first-order valence-corrected chi connectivity index (χ1v) is 12.7. The number of hydrogen-bond acceptors (Lipinski definition) is 4. The zero-order chi connectivity index (χ0) is 25.1. The highest BCUT2D eigenvalue weighted by molar-refractivity contribution is 6.12. The number of fused-ring (bicyclic) bond motifs is 1. The van der Waals surface area contributed by atoms with Crippen LogP contribution in [0.25, 0.3) is 0 Å². The number of ether oxygens (including phenoxy) is 1. The Labute approximate surface area is 212 Å². The quantitative estimate of drug-likeness (QED) is 0.378. The van der Waals surface area contributed by atoms with Crippen molar-refractivity contribution in [1.82, 2.24) is 0 Å². The fourth-order valence-corrected chi connectivity index (χ4v) is 5.52. The number of carbonyl (C=O) groups is 2. The highest BCUT2D eigenvalue weighted by atomic mass is 16.5. The maximum absolute atomic E-state index is 13.7. The Hall–Kier alpha value is -3.79. The summed E-state index contributed by atoms with van der Waals surface area (Å²) in [6, 6.07) is 28.1. The molecule has 36 heavy (non-hydrogen) atoms. The van der Waals surface area contributed by atoms with Gasteiger partial charge in [0, 0.05) is 23.7 Å². The van der Waals surface area contributed by atoms with Crippen molar-refractivity contribution in [3.05, 3.63) is 118 Å². The largest absolute Gasteiger partial charge is 0.457 e. The molecule has 0 spiro atoms. The fourth-order valence-electron chi connectivity index (χ4n) is 5.52. The van der Waals surface area contributed by atoms with Crippen molar-refractivity contribution in [3.63, 3.8) is 0 Å². The number of allylic oxidation sites excluding steroid dienone is 1. The summed E-state index contributed by atoms with van der Waals surface area (Å²) in [6.07, 6.45) is 2.09. The van der Waals surface area contributed by atoms with E-state index in [-0.39, 0.29) is 18.3 Å². The molecule has 1 heterocycles. The van der Waals surface area contributed by atoms with E-state index in [0.29, 0.717) is 24.1 Å². The standard InChI is InChI=1S/C32H31NO3/c1-3-22-14-16-25(17-15-22)30-29(32(35)36-20-23-10-6-4-7-11-23)21(2)33-27-18-26(19-28(34)31(27)30)24-12-8-5-9-13-24/h4-17,26,30-31H,3,18-20H2,1-2H3/t26-,30+,31?/m0/s1. The molecular weight excluding hydrogens is 446 g/mol. The zero-order valence-corrected chi connectivity index (χ0v) is 20.8. The molecule has 182 valence electrons. The van der Waals surface area contributed by atoms with Gasteiger partial charge in [-0.05, 0) is 47.9 Å². The van der Waals surface area contributed by atoms with Gasteiger partial charge in [0.2, 0.25) is 0 Å². The molecule has 4 nitrogen and oxygen atoms in total. The molecule has 1 aliphatic carbocycles. The van der Waals surface area contributed by atoms with Crippen molar-refractivity contribution in [1.29, 1.82) is 0 Å². The van der Waals surface area contributed by atoms with E-state index in [1.807, 2.05) is 55.5 Å². The monoisotopic (exact) mass is 477 g/mol. The van der Waals surface area contributed by atoms with Crippen LogP contribution in [0.4, 0.5) is 0 Å². The van der Waals surface area contributed by atoms with E-state index in [1.165, 1.54) is 5.56 Å². The Bertz CT molecular complexity index is 1310. The predicted octanol–water partition coefficient (Wildman–Crippen LogP) is 6.57. The van der Waals surface area contributed by atoms with Crippen LogP contribution >= 0.6 is 0 Å². The minimum absolute atomic E-state index is 0.108. The van der Waals surface area contributed by atoms with E-state index in [4.69, 9.17) is 9.73 Å². The van der Waals surface area contributed by atoms with Gasteiger partial charge in [-0.2, -0.15) is 0 Å². The second kappa shape index (κ2) is 10.4. The smallest absolute Gasteiger partial charge is 0.336 e. The normalized spacial score (nSPS) is 21.6. The van der Waals surface area contributed by atoms with Gasteiger partial charge in [0.1, 0.15) is 12.4 Å². The number of carbonyl (C=O) groups excluding carboxylic acids is 2. The molecule has 1 fully saturated rings. The van der Waals surface area contributed by atoms with E-state index in [1.54, 1.807) is 0 Å². The molecular formula is C32H31NO3. The first-order chi connectivity index (χ1) is 17.5. The summed E-state index contributed by atoms with van der Waals surface area (Å²) in [6.45, 7) is 4.17. The third-order valence-corrected chi connectivity index (χ3v) is 7.41. The van der Waals surface area contributed by atoms with E-state index in [2.05, 4.69) is 43.3 Å². The second-order valence-corrected chi connectivity index (χ2v) is 9.70. The number of rotatable bonds is 6. The molecule has 0 bridgehead atoms. The summed E-state index contributed by atoms with van der Waals surface area (Å²) in [5.41, 5.74) is 6.28. The van der Waals surface area contributed by atoms with Gasteiger partial charge in [-0.3, -0.25) is 9.79 Å². The Morgan fingerprint density at radius 3 is 2.17 bits per heavy atom. The van der Waals surface area contributed by atoms with Crippen LogP contribution < -0.4 is 0 Å². The van der Waals surface area contributed by atoms with Crippen molar-refractivity contribution < 1.29 is 14.3 Å². The second-order valence-electron chi connectivity index (χ2n) is 9.70. The van der Waals surface area contributed by atoms with Crippen LogP contribution in [0.15, 0.2) is 101 Å². The maximum Gasteiger partial charge on any atom is 0.336 e. The third kappa shape index (κ3) is 4.81. The van der Waals surface area contributed by atoms with Crippen molar-refractivity contribution >= 4 is 17.5 Å². The lowest BCUT2D eigenvalue weighted by molar-refractivity contribution is -0.140. The summed E-state index contributed by atoms with van der Waals surface area (Å²) in [4.78, 5) is 32.1. The van der Waals surface area contributed by atoms with Crippen molar-refractivity contribution in [2.75, 3.05) is 0 Å². The number of nitrogens with zero attached hydrogens (tertiary/aromatic N) is 1. The molecule has 1 saturated carbocycles. The van der Waals surface area contributed by atoms with Crippen LogP contribution in [-0.2, 0) is 27.4 Å². The van der Waals surface area contributed by atoms with Crippen LogP contribution in [0, 0.1) is 5.92 Å². The Morgan fingerprint density at radius 1 is 0.833 bits per heavy atom. The number of hydrogen-bond donors (Lipinski definition) is 0. The first-order valence-electron chi connectivity index (χ1n) is 12.7.